The number of hydrazone groups is 1. The molecule has 0 radical (unpaired) electrons. The summed E-state index contributed by atoms with van der Waals surface area (Å²) < 4.78 is 10.8. The molecular formula is C24H30N6O2S. The molecule has 3 aromatic rings. The van der Waals surface area contributed by atoms with Gasteiger partial charge in [0.05, 0.1) is 29.7 Å². The van der Waals surface area contributed by atoms with E-state index in [1.54, 1.807) is 23.6 Å². The van der Waals surface area contributed by atoms with Gasteiger partial charge in [0.25, 0.3) is 5.56 Å². The molecule has 174 valence electrons. The molecule has 1 aliphatic rings. The molecule has 0 unspecified atom stereocenters. The number of aliphatic imine (C=N–C) groups is 1. The van der Waals surface area contributed by atoms with Crippen LogP contribution in [0.5, 0.6) is 0 Å². The minimum absolute atomic E-state index is 0.0471. The van der Waals surface area contributed by atoms with Gasteiger partial charge in [-0.25, -0.2) is 4.68 Å². The summed E-state index contributed by atoms with van der Waals surface area (Å²) in [5.74, 6) is 0.706. The first-order valence-electron chi connectivity index (χ1n) is 10.9. The molecule has 1 aliphatic heterocycles. The van der Waals surface area contributed by atoms with E-state index in [1.165, 1.54) is 0 Å². The summed E-state index contributed by atoms with van der Waals surface area (Å²) >= 11 is 1.62. The number of rotatable bonds is 6. The third-order valence-electron chi connectivity index (χ3n) is 5.87. The molecule has 2 aromatic heterocycles. The number of benzene rings is 1. The predicted octanol–water partition coefficient (Wildman–Crippen LogP) is 3.32. The summed E-state index contributed by atoms with van der Waals surface area (Å²) in [7, 11) is 3.59. The lowest BCUT2D eigenvalue weighted by molar-refractivity contribution is 0.186. The van der Waals surface area contributed by atoms with Crippen molar-refractivity contribution in [2.75, 3.05) is 19.5 Å². The summed E-state index contributed by atoms with van der Waals surface area (Å²) in [6.45, 7) is 8.63. The van der Waals surface area contributed by atoms with Crippen LogP contribution in [-0.4, -0.2) is 50.3 Å². The van der Waals surface area contributed by atoms with Crippen LogP contribution in [0.25, 0.3) is 11.4 Å². The second kappa shape index (κ2) is 9.44. The monoisotopic (exact) mass is 466 g/mol. The average Bonchev–Trinajstić information content (AvgIpc) is 3.20. The number of nitrogens with zero attached hydrogens (tertiary/aromatic N) is 5. The zero-order chi connectivity index (χ0) is 23.7. The Bertz CT molecular complexity index is 1280. The molecule has 0 spiro atoms. The fourth-order valence-electron chi connectivity index (χ4n) is 4.21. The number of amidine groups is 1. The Morgan fingerprint density at radius 1 is 1.21 bits per heavy atom. The first-order valence-corrected chi connectivity index (χ1v) is 11.9. The zero-order valence-corrected chi connectivity index (χ0v) is 20.7. The number of ether oxygens (including phenoxy) is 1. The highest BCUT2D eigenvalue weighted by atomic mass is 32.2. The molecule has 3 heterocycles. The second-order valence-corrected chi connectivity index (χ2v) is 9.19. The molecule has 33 heavy (non-hydrogen) atoms. The van der Waals surface area contributed by atoms with Crippen LogP contribution in [0.2, 0.25) is 0 Å². The third kappa shape index (κ3) is 4.30. The highest BCUT2D eigenvalue weighted by Gasteiger charge is 2.24. The van der Waals surface area contributed by atoms with Crippen molar-refractivity contribution in [1.82, 2.24) is 19.4 Å². The van der Waals surface area contributed by atoms with Gasteiger partial charge in [-0.2, -0.15) is 5.10 Å². The lowest BCUT2D eigenvalue weighted by Crippen LogP contribution is -2.27. The Kier molecular flexibility index (Phi) is 6.62. The maximum Gasteiger partial charge on any atom is 0.295 e. The summed E-state index contributed by atoms with van der Waals surface area (Å²) in [5.41, 5.74) is 9.39. The van der Waals surface area contributed by atoms with Crippen molar-refractivity contribution < 1.29 is 4.74 Å². The number of nitrogens with one attached hydrogen (secondary N) is 1. The van der Waals surface area contributed by atoms with Gasteiger partial charge in [0, 0.05) is 36.9 Å². The quantitative estimate of drug-likeness (QED) is 0.605. The number of thioether (sulfide) groups is 1. The van der Waals surface area contributed by atoms with Gasteiger partial charge in [-0.05, 0) is 45.9 Å². The molecule has 4 rings (SSSR count). The first kappa shape index (κ1) is 23.1. The number of aryl methyl sites for hydroxylation is 1. The van der Waals surface area contributed by atoms with E-state index in [2.05, 4.69) is 21.6 Å². The minimum atomic E-state index is -0.0471. The molecule has 1 atom stereocenters. The van der Waals surface area contributed by atoms with Crippen LogP contribution in [0.4, 0.5) is 0 Å². The van der Waals surface area contributed by atoms with Gasteiger partial charge in [-0.3, -0.25) is 19.9 Å². The maximum absolute atomic E-state index is 13.5. The minimum Gasteiger partial charge on any atom is -0.382 e. The van der Waals surface area contributed by atoms with Crippen LogP contribution in [0, 0.1) is 20.8 Å². The van der Waals surface area contributed by atoms with E-state index in [0.29, 0.717) is 18.0 Å². The summed E-state index contributed by atoms with van der Waals surface area (Å²) in [4.78, 5) is 18.1. The second-order valence-electron chi connectivity index (χ2n) is 8.23. The SMILES string of the molecule is COC[C@@H](C)N=C1NN=C(c2cc(C)n(-c3c(C)n(C)n(-c4ccccc4)c3=O)c2C)CS1. The van der Waals surface area contributed by atoms with E-state index in [0.717, 1.165) is 39.2 Å². The average molecular weight is 467 g/mol. The van der Waals surface area contributed by atoms with Gasteiger partial charge >= 0.3 is 0 Å². The van der Waals surface area contributed by atoms with Gasteiger partial charge in [0.2, 0.25) is 0 Å². The fraction of sp³-hybridized carbons (Fsp3) is 0.375. The van der Waals surface area contributed by atoms with Gasteiger partial charge in [-0.1, -0.05) is 30.0 Å². The van der Waals surface area contributed by atoms with Crippen LogP contribution in [0.3, 0.4) is 0 Å². The third-order valence-corrected chi connectivity index (χ3v) is 6.75. The van der Waals surface area contributed by atoms with Crippen molar-refractivity contribution in [2.24, 2.45) is 17.1 Å². The first-order chi connectivity index (χ1) is 15.8. The normalized spacial score (nSPS) is 16.1. The summed E-state index contributed by atoms with van der Waals surface area (Å²) in [5, 5.41) is 5.38. The van der Waals surface area contributed by atoms with E-state index in [-0.39, 0.29) is 11.6 Å². The van der Waals surface area contributed by atoms with Crippen molar-refractivity contribution in [3.8, 4) is 11.4 Å². The molecule has 0 saturated heterocycles. The van der Waals surface area contributed by atoms with Crippen LogP contribution in [0.1, 0.15) is 29.6 Å². The largest absolute Gasteiger partial charge is 0.382 e. The van der Waals surface area contributed by atoms with Gasteiger partial charge < -0.3 is 9.30 Å². The van der Waals surface area contributed by atoms with Gasteiger partial charge in [-0.15, -0.1) is 0 Å². The van der Waals surface area contributed by atoms with Crippen LogP contribution >= 0.6 is 11.8 Å². The van der Waals surface area contributed by atoms with Crippen LogP contribution < -0.4 is 11.0 Å². The van der Waals surface area contributed by atoms with Crippen molar-refractivity contribution in [3.05, 3.63) is 69.4 Å². The van der Waals surface area contributed by atoms with E-state index in [9.17, 15) is 4.79 Å². The van der Waals surface area contributed by atoms with Crippen LogP contribution in [0.15, 0.2) is 51.3 Å². The Balaban J connectivity index is 1.72. The molecule has 1 aromatic carbocycles. The van der Waals surface area contributed by atoms with Crippen LogP contribution in [-0.2, 0) is 11.8 Å². The zero-order valence-electron chi connectivity index (χ0n) is 19.9. The number of aromatic nitrogens is 3. The smallest absolute Gasteiger partial charge is 0.295 e. The lowest BCUT2D eigenvalue weighted by Gasteiger charge is -2.16. The highest BCUT2D eigenvalue weighted by Crippen LogP contribution is 2.25. The molecule has 0 aliphatic carbocycles. The molecule has 9 heteroatoms. The molecule has 0 saturated carbocycles. The Morgan fingerprint density at radius 2 is 1.94 bits per heavy atom. The number of hydrogen-bond donors (Lipinski definition) is 1. The van der Waals surface area contributed by atoms with E-state index in [1.807, 2.05) is 74.3 Å². The maximum atomic E-state index is 13.5. The fourth-order valence-corrected chi connectivity index (χ4v) is 5.07. The standard InChI is InChI=1S/C24H30N6O2S/c1-15(13-32-6)25-24-27-26-21(14-33-24)20-12-16(2)29(17(20)3)22-18(4)28(5)30(23(22)31)19-10-8-7-9-11-19/h7-12,15H,13-14H2,1-6H3,(H,25,27)/t15-/m1/s1. The molecule has 0 fully saturated rings. The van der Waals surface area contributed by atoms with Gasteiger partial charge in [0.1, 0.15) is 5.69 Å². The molecule has 1 N–H and O–H groups in total. The van der Waals surface area contributed by atoms with Crippen molar-refractivity contribution in [1.29, 1.82) is 0 Å². The van der Waals surface area contributed by atoms with Crippen molar-refractivity contribution >= 4 is 22.6 Å². The molecular weight excluding hydrogens is 436 g/mol. The molecule has 0 amide bonds. The molecule has 0 bridgehead atoms. The van der Waals surface area contributed by atoms with E-state index in [4.69, 9.17) is 4.74 Å². The van der Waals surface area contributed by atoms with Gasteiger partial charge in [0.15, 0.2) is 5.17 Å². The van der Waals surface area contributed by atoms with Crippen molar-refractivity contribution in [3.63, 3.8) is 0 Å². The Morgan fingerprint density at radius 3 is 2.58 bits per heavy atom. The predicted molar refractivity (Wildman–Crippen MR) is 135 cm³/mol. The summed E-state index contributed by atoms with van der Waals surface area (Å²) in [6, 6.07) is 11.9. The lowest BCUT2D eigenvalue weighted by atomic mass is 10.1. The van der Waals surface area contributed by atoms with E-state index < -0.39 is 0 Å². The summed E-state index contributed by atoms with van der Waals surface area (Å²) in [6.07, 6.45) is 0. The topological polar surface area (TPSA) is 77.8 Å². The Hall–Kier alpha value is -3.04. The highest BCUT2D eigenvalue weighted by molar-refractivity contribution is 8.14. The van der Waals surface area contributed by atoms with Crippen molar-refractivity contribution in [2.45, 2.75) is 33.7 Å². The number of methoxy groups -OCH3 is 1. The molecule has 8 nitrogen and oxygen atoms in total. The Labute approximate surface area is 197 Å². The van der Waals surface area contributed by atoms with E-state index >= 15 is 0 Å². The number of para-hydroxylation sites is 1. The number of hydrogen-bond acceptors (Lipinski definition) is 5.